The van der Waals surface area contributed by atoms with Gasteiger partial charge in [0, 0.05) is 5.38 Å². The van der Waals surface area contributed by atoms with Crippen molar-refractivity contribution in [2.45, 2.75) is 19.3 Å². The van der Waals surface area contributed by atoms with E-state index >= 15 is 0 Å². The predicted molar refractivity (Wildman–Crippen MR) is 71.1 cm³/mol. The number of halogens is 1. The summed E-state index contributed by atoms with van der Waals surface area (Å²) in [4.78, 5) is 16.5. The average Bonchev–Trinajstić information content (AvgIpc) is 2.85. The molecule has 3 nitrogen and oxygen atoms in total. The van der Waals surface area contributed by atoms with Gasteiger partial charge in [0.25, 0.3) is 0 Å². The summed E-state index contributed by atoms with van der Waals surface area (Å²) in [6.45, 7) is 3.30. The normalized spacial score (nSPS) is 11.7. The van der Waals surface area contributed by atoms with Crippen LogP contribution in [0, 0.1) is 0 Å². The molecule has 2 heterocycles. The number of hydrogen-bond acceptors (Lipinski definition) is 4. The van der Waals surface area contributed by atoms with Crippen LogP contribution >= 0.6 is 34.3 Å². The van der Waals surface area contributed by atoms with Gasteiger partial charge in [-0.2, -0.15) is 0 Å². The molecule has 0 aliphatic rings. The van der Waals surface area contributed by atoms with Crippen molar-refractivity contribution in [3.63, 3.8) is 0 Å². The number of carbonyl (C=O) groups is 1. The van der Waals surface area contributed by atoms with E-state index in [4.69, 9.17) is 16.7 Å². The minimum absolute atomic E-state index is 0.578. The van der Waals surface area contributed by atoms with Gasteiger partial charge in [-0.05, 0) is 26.0 Å². The van der Waals surface area contributed by atoms with E-state index in [1.165, 1.54) is 22.7 Å². The molecule has 0 saturated heterocycles. The largest absolute Gasteiger partial charge is 0.481 e. The Morgan fingerprint density at radius 2 is 2.18 bits per heavy atom. The molecule has 0 unspecified atom stereocenters. The molecule has 0 aliphatic heterocycles. The standard InChI is InChI=1S/C11H10ClNO2S2/c1-11(2,10(14)15)7-5-16-9(13-7)6-3-4-8(12)17-6/h3-5H,1-2H3,(H,14,15). The summed E-state index contributed by atoms with van der Waals surface area (Å²) in [7, 11) is 0. The van der Waals surface area contributed by atoms with Crippen LogP contribution in [0.4, 0.5) is 0 Å². The van der Waals surface area contributed by atoms with Gasteiger partial charge in [-0.25, -0.2) is 4.98 Å². The van der Waals surface area contributed by atoms with Gasteiger partial charge in [0.2, 0.25) is 0 Å². The zero-order chi connectivity index (χ0) is 12.6. The molecule has 0 fully saturated rings. The Hall–Kier alpha value is -0.910. The maximum absolute atomic E-state index is 11.1. The van der Waals surface area contributed by atoms with Gasteiger partial charge in [0.05, 0.1) is 14.9 Å². The molecule has 0 radical (unpaired) electrons. The van der Waals surface area contributed by atoms with Gasteiger partial charge >= 0.3 is 5.97 Å². The van der Waals surface area contributed by atoms with Gasteiger partial charge in [0.1, 0.15) is 10.4 Å². The summed E-state index contributed by atoms with van der Waals surface area (Å²) in [6.07, 6.45) is 0. The number of hydrogen-bond donors (Lipinski definition) is 1. The van der Waals surface area contributed by atoms with Crippen molar-refractivity contribution < 1.29 is 9.90 Å². The topological polar surface area (TPSA) is 50.2 Å². The Bertz CT molecular complexity index is 559. The monoisotopic (exact) mass is 287 g/mol. The quantitative estimate of drug-likeness (QED) is 0.932. The molecule has 2 rings (SSSR count). The van der Waals surface area contributed by atoms with E-state index in [9.17, 15) is 4.79 Å². The maximum atomic E-state index is 11.1. The maximum Gasteiger partial charge on any atom is 0.315 e. The second kappa shape index (κ2) is 4.40. The number of aromatic nitrogens is 1. The van der Waals surface area contributed by atoms with Crippen LogP contribution in [0.15, 0.2) is 17.5 Å². The number of carboxylic acids is 1. The van der Waals surface area contributed by atoms with E-state index in [0.717, 1.165) is 9.88 Å². The Labute approximate surface area is 112 Å². The van der Waals surface area contributed by atoms with Crippen LogP contribution < -0.4 is 0 Å². The van der Waals surface area contributed by atoms with Gasteiger partial charge in [-0.3, -0.25) is 4.79 Å². The fourth-order valence-corrected chi connectivity index (χ4v) is 3.32. The molecule has 0 saturated carbocycles. The molecular weight excluding hydrogens is 278 g/mol. The number of nitrogens with zero attached hydrogens (tertiary/aromatic N) is 1. The fourth-order valence-electron chi connectivity index (χ4n) is 1.21. The molecule has 2 aromatic rings. The van der Waals surface area contributed by atoms with E-state index in [1.807, 2.05) is 12.1 Å². The molecule has 90 valence electrons. The van der Waals surface area contributed by atoms with E-state index in [0.29, 0.717) is 10.0 Å². The number of aliphatic carboxylic acids is 1. The van der Waals surface area contributed by atoms with Crippen molar-refractivity contribution >= 4 is 40.2 Å². The zero-order valence-corrected chi connectivity index (χ0v) is 11.6. The molecule has 1 N–H and O–H groups in total. The minimum atomic E-state index is -0.962. The highest BCUT2D eigenvalue weighted by Crippen LogP contribution is 2.35. The van der Waals surface area contributed by atoms with Crippen LogP contribution in [0.2, 0.25) is 4.34 Å². The molecule has 0 amide bonds. The highest BCUT2D eigenvalue weighted by atomic mass is 35.5. The molecule has 17 heavy (non-hydrogen) atoms. The summed E-state index contributed by atoms with van der Waals surface area (Å²) in [6, 6.07) is 3.70. The lowest BCUT2D eigenvalue weighted by atomic mass is 9.90. The third-order valence-electron chi connectivity index (χ3n) is 2.46. The molecular formula is C11H10ClNO2S2. The van der Waals surface area contributed by atoms with Crippen LogP contribution in [0.3, 0.4) is 0 Å². The molecule has 0 aromatic carbocycles. The first-order valence-electron chi connectivity index (χ1n) is 4.86. The van der Waals surface area contributed by atoms with Crippen LogP contribution in [0.1, 0.15) is 19.5 Å². The molecule has 2 aromatic heterocycles. The molecule has 0 aliphatic carbocycles. The lowest BCUT2D eigenvalue weighted by Crippen LogP contribution is -2.28. The van der Waals surface area contributed by atoms with Gasteiger partial charge < -0.3 is 5.11 Å². The van der Waals surface area contributed by atoms with Crippen LogP contribution in [-0.2, 0) is 10.2 Å². The Morgan fingerprint density at radius 1 is 1.47 bits per heavy atom. The summed E-state index contributed by atoms with van der Waals surface area (Å²) in [5.74, 6) is -0.876. The third kappa shape index (κ3) is 2.36. The van der Waals surface area contributed by atoms with Crippen molar-refractivity contribution in [1.82, 2.24) is 4.98 Å². The molecule has 0 spiro atoms. The second-order valence-electron chi connectivity index (χ2n) is 4.07. The Kier molecular flexibility index (Phi) is 3.25. The van der Waals surface area contributed by atoms with Crippen molar-refractivity contribution in [1.29, 1.82) is 0 Å². The minimum Gasteiger partial charge on any atom is -0.481 e. The molecule has 0 bridgehead atoms. The van der Waals surface area contributed by atoms with Crippen molar-refractivity contribution in [3.8, 4) is 9.88 Å². The number of thiophene rings is 1. The summed E-state index contributed by atoms with van der Waals surface area (Å²) < 4.78 is 0.703. The predicted octanol–water partition coefficient (Wildman–Crippen LogP) is 3.89. The summed E-state index contributed by atoms with van der Waals surface area (Å²) >= 11 is 8.74. The smallest absolute Gasteiger partial charge is 0.315 e. The highest BCUT2D eigenvalue weighted by molar-refractivity contribution is 7.23. The van der Waals surface area contributed by atoms with Crippen LogP contribution in [0.25, 0.3) is 9.88 Å². The average molecular weight is 288 g/mol. The first-order valence-corrected chi connectivity index (χ1v) is 6.94. The molecule has 0 atom stereocenters. The van der Waals surface area contributed by atoms with Crippen molar-refractivity contribution in [3.05, 3.63) is 27.5 Å². The Morgan fingerprint density at radius 3 is 2.71 bits per heavy atom. The number of carboxylic acid groups (broad SMARTS) is 1. The van der Waals surface area contributed by atoms with Gasteiger partial charge in [-0.15, -0.1) is 22.7 Å². The van der Waals surface area contributed by atoms with E-state index in [-0.39, 0.29) is 0 Å². The second-order valence-corrected chi connectivity index (χ2v) is 6.64. The summed E-state index contributed by atoms with van der Waals surface area (Å²) in [5.41, 5.74) is -0.384. The Balaban J connectivity index is 2.37. The number of thiazole rings is 1. The fraction of sp³-hybridized carbons (Fsp3) is 0.273. The van der Waals surface area contributed by atoms with E-state index in [1.54, 1.807) is 19.2 Å². The van der Waals surface area contributed by atoms with Crippen LogP contribution in [-0.4, -0.2) is 16.1 Å². The lowest BCUT2D eigenvalue weighted by molar-refractivity contribution is -0.142. The SMILES string of the molecule is CC(C)(C(=O)O)c1csc(-c2ccc(Cl)s2)n1. The van der Waals surface area contributed by atoms with Gasteiger partial charge in [0.15, 0.2) is 0 Å². The van der Waals surface area contributed by atoms with Crippen molar-refractivity contribution in [2.24, 2.45) is 0 Å². The third-order valence-corrected chi connectivity index (χ3v) is 4.71. The number of rotatable bonds is 3. The van der Waals surface area contributed by atoms with Gasteiger partial charge in [-0.1, -0.05) is 11.6 Å². The highest BCUT2D eigenvalue weighted by Gasteiger charge is 2.32. The van der Waals surface area contributed by atoms with E-state index in [2.05, 4.69) is 4.98 Å². The zero-order valence-electron chi connectivity index (χ0n) is 9.23. The summed E-state index contributed by atoms with van der Waals surface area (Å²) in [5, 5.41) is 11.7. The molecule has 6 heteroatoms. The van der Waals surface area contributed by atoms with E-state index < -0.39 is 11.4 Å². The first-order chi connectivity index (χ1) is 7.91. The van der Waals surface area contributed by atoms with Crippen molar-refractivity contribution in [2.75, 3.05) is 0 Å². The first kappa shape index (κ1) is 12.5. The lowest BCUT2D eigenvalue weighted by Gasteiger charge is -2.15. The van der Waals surface area contributed by atoms with Crippen LogP contribution in [0.5, 0.6) is 0 Å².